The summed E-state index contributed by atoms with van der Waals surface area (Å²) in [4.78, 5) is 0. The second-order valence-electron chi connectivity index (χ2n) is 4.79. The average molecular weight is 291 g/mol. The van der Waals surface area contributed by atoms with Crippen molar-refractivity contribution >= 4 is 11.6 Å². The lowest BCUT2D eigenvalue weighted by Crippen LogP contribution is -1.99. The fourth-order valence-corrected chi connectivity index (χ4v) is 2.39. The zero-order chi connectivity index (χ0) is 14.4. The van der Waals surface area contributed by atoms with Gasteiger partial charge in [0, 0.05) is 0 Å². The molecule has 0 aliphatic rings. The Hall–Kier alpha value is -1.51. The number of benzene rings is 2. The van der Waals surface area contributed by atoms with Crippen LogP contribution in [0.4, 0.5) is 0 Å². The van der Waals surface area contributed by atoms with Gasteiger partial charge in [-0.2, -0.15) is 0 Å². The fourth-order valence-electron chi connectivity index (χ4n) is 2.19. The van der Waals surface area contributed by atoms with Crippen molar-refractivity contribution in [2.45, 2.75) is 25.4 Å². The first kappa shape index (κ1) is 14.9. The Morgan fingerprint density at radius 1 is 1.15 bits per heavy atom. The molecule has 0 fully saturated rings. The molecule has 0 aliphatic heterocycles. The molecule has 2 aromatic rings. The van der Waals surface area contributed by atoms with Crippen LogP contribution in [0, 0.1) is 0 Å². The lowest BCUT2D eigenvalue weighted by Gasteiger charge is -2.13. The van der Waals surface area contributed by atoms with Crippen LogP contribution in [0.15, 0.2) is 48.5 Å². The topological polar surface area (TPSA) is 29.5 Å². The maximum atomic E-state index is 10.2. The van der Waals surface area contributed by atoms with Crippen LogP contribution in [-0.4, -0.2) is 12.2 Å². The van der Waals surface area contributed by atoms with Crippen LogP contribution in [0.2, 0.25) is 5.02 Å². The van der Waals surface area contributed by atoms with Crippen LogP contribution in [0.25, 0.3) is 0 Å². The SMILES string of the molecule is COc1cc(C(O)CCCc2ccccc2)ccc1Cl. The van der Waals surface area contributed by atoms with Crippen molar-refractivity contribution in [2.75, 3.05) is 7.11 Å². The maximum absolute atomic E-state index is 10.2. The molecule has 0 saturated carbocycles. The van der Waals surface area contributed by atoms with Crippen molar-refractivity contribution in [3.63, 3.8) is 0 Å². The van der Waals surface area contributed by atoms with Crippen molar-refractivity contribution < 1.29 is 9.84 Å². The van der Waals surface area contributed by atoms with Gasteiger partial charge in [-0.25, -0.2) is 0 Å². The summed E-state index contributed by atoms with van der Waals surface area (Å²) >= 11 is 5.98. The summed E-state index contributed by atoms with van der Waals surface area (Å²) in [7, 11) is 1.58. The second-order valence-corrected chi connectivity index (χ2v) is 5.19. The van der Waals surface area contributed by atoms with Gasteiger partial charge in [0.05, 0.1) is 18.2 Å². The molecule has 1 atom stereocenters. The molecule has 0 aromatic heterocycles. The smallest absolute Gasteiger partial charge is 0.137 e. The van der Waals surface area contributed by atoms with Gasteiger partial charge in [-0.05, 0) is 42.5 Å². The van der Waals surface area contributed by atoms with E-state index in [0.29, 0.717) is 10.8 Å². The summed E-state index contributed by atoms with van der Waals surface area (Å²) in [5.74, 6) is 0.603. The quantitative estimate of drug-likeness (QED) is 0.854. The number of aliphatic hydroxyl groups is 1. The van der Waals surface area contributed by atoms with Crippen molar-refractivity contribution in [1.29, 1.82) is 0 Å². The van der Waals surface area contributed by atoms with E-state index in [1.807, 2.05) is 24.3 Å². The number of hydrogen-bond donors (Lipinski definition) is 1. The van der Waals surface area contributed by atoms with Crippen LogP contribution < -0.4 is 4.74 Å². The van der Waals surface area contributed by atoms with Gasteiger partial charge in [0.15, 0.2) is 0 Å². The van der Waals surface area contributed by atoms with Crippen LogP contribution in [0.5, 0.6) is 5.75 Å². The van der Waals surface area contributed by atoms with E-state index in [1.54, 1.807) is 19.2 Å². The molecule has 0 amide bonds. The molecular formula is C17H19ClO2. The predicted octanol–water partition coefficient (Wildman–Crippen LogP) is 4.40. The highest BCUT2D eigenvalue weighted by Crippen LogP contribution is 2.29. The molecule has 2 rings (SSSR count). The number of hydrogen-bond acceptors (Lipinski definition) is 2. The number of ether oxygens (including phenoxy) is 1. The first-order valence-electron chi connectivity index (χ1n) is 6.76. The van der Waals surface area contributed by atoms with Crippen molar-refractivity contribution in [3.05, 3.63) is 64.7 Å². The molecule has 0 bridgehead atoms. The summed E-state index contributed by atoms with van der Waals surface area (Å²) in [5.41, 5.74) is 2.15. The predicted molar refractivity (Wildman–Crippen MR) is 82.3 cm³/mol. The molecule has 20 heavy (non-hydrogen) atoms. The summed E-state index contributed by atoms with van der Waals surface area (Å²) in [6, 6.07) is 15.7. The first-order valence-corrected chi connectivity index (χ1v) is 7.14. The van der Waals surface area contributed by atoms with E-state index >= 15 is 0 Å². The summed E-state index contributed by atoms with van der Waals surface area (Å²) in [5, 5.41) is 10.8. The van der Waals surface area contributed by atoms with Crippen LogP contribution in [0.1, 0.15) is 30.1 Å². The van der Waals surface area contributed by atoms with E-state index in [2.05, 4.69) is 12.1 Å². The number of methoxy groups -OCH3 is 1. The monoisotopic (exact) mass is 290 g/mol. The molecule has 106 valence electrons. The molecule has 0 saturated heterocycles. The van der Waals surface area contributed by atoms with Gasteiger partial charge in [0.2, 0.25) is 0 Å². The van der Waals surface area contributed by atoms with Crippen molar-refractivity contribution in [3.8, 4) is 5.75 Å². The van der Waals surface area contributed by atoms with E-state index in [1.165, 1.54) is 5.56 Å². The molecule has 0 spiro atoms. The Morgan fingerprint density at radius 3 is 2.60 bits per heavy atom. The number of halogens is 1. The molecule has 3 heteroatoms. The average Bonchev–Trinajstić information content (AvgIpc) is 2.48. The van der Waals surface area contributed by atoms with Gasteiger partial charge in [0.1, 0.15) is 5.75 Å². The molecule has 0 heterocycles. The molecule has 1 unspecified atom stereocenters. The number of rotatable bonds is 6. The maximum Gasteiger partial charge on any atom is 0.137 e. The molecule has 2 aromatic carbocycles. The van der Waals surface area contributed by atoms with Crippen molar-refractivity contribution in [2.24, 2.45) is 0 Å². The highest BCUT2D eigenvalue weighted by Gasteiger charge is 2.10. The largest absolute Gasteiger partial charge is 0.495 e. The Labute approximate surface area is 125 Å². The van der Waals surface area contributed by atoms with Crippen LogP contribution >= 0.6 is 11.6 Å². The van der Waals surface area contributed by atoms with Gasteiger partial charge in [-0.3, -0.25) is 0 Å². The minimum Gasteiger partial charge on any atom is -0.495 e. The zero-order valence-electron chi connectivity index (χ0n) is 11.6. The van der Waals surface area contributed by atoms with E-state index in [0.717, 1.165) is 24.8 Å². The fraction of sp³-hybridized carbons (Fsp3) is 0.294. The van der Waals surface area contributed by atoms with Gasteiger partial charge >= 0.3 is 0 Å². The third-order valence-electron chi connectivity index (χ3n) is 3.35. The highest BCUT2D eigenvalue weighted by molar-refractivity contribution is 6.32. The first-order chi connectivity index (χ1) is 9.70. The summed E-state index contributed by atoms with van der Waals surface area (Å²) in [6.07, 6.45) is 2.16. The number of aryl methyl sites for hydroxylation is 1. The standard InChI is InChI=1S/C17H19ClO2/c1-20-17-12-14(10-11-15(17)18)16(19)9-5-8-13-6-3-2-4-7-13/h2-4,6-7,10-12,16,19H,5,8-9H2,1H3. The van der Waals surface area contributed by atoms with E-state index in [-0.39, 0.29) is 0 Å². The molecule has 2 nitrogen and oxygen atoms in total. The van der Waals surface area contributed by atoms with E-state index < -0.39 is 6.10 Å². The minimum absolute atomic E-state index is 0.482. The Bertz CT molecular complexity index is 540. The van der Waals surface area contributed by atoms with Gasteiger partial charge in [-0.1, -0.05) is 48.0 Å². The summed E-state index contributed by atoms with van der Waals surface area (Å²) in [6.45, 7) is 0. The second kappa shape index (κ2) is 7.32. The highest BCUT2D eigenvalue weighted by atomic mass is 35.5. The third-order valence-corrected chi connectivity index (χ3v) is 3.66. The van der Waals surface area contributed by atoms with Gasteiger partial charge in [0.25, 0.3) is 0 Å². The molecule has 0 aliphatic carbocycles. The lowest BCUT2D eigenvalue weighted by atomic mass is 10.0. The van der Waals surface area contributed by atoms with Gasteiger partial charge < -0.3 is 9.84 Å². The van der Waals surface area contributed by atoms with Crippen LogP contribution in [0.3, 0.4) is 0 Å². The minimum atomic E-state index is -0.482. The number of aliphatic hydroxyl groups excluding tert-OH is 1. The Morgan fingerprint density at radius 2 is 1.90 bits per heavy atom. The molecule has 0 radical (unpaired) electrons. The van der Waals surface area contributed by atoms with Crippen LogP contribution in [-0.2, 0) is 6.42 Å². The Kier molecular flexibility index (Phi) is 5.45. The summed E-state index contributed by atoms with van der Waals surface area (Å²) < 4.78 is 5.17. The van der Waals surface area contributed by atoms with E-state index in [4.69, 9.17) is 16.3 Å². The molecule has 1 N–H and O–H groups in total. The normalized spacial score (nSPS) is 12.2. The van der Waals surface area contributed by atoms with Gasteiger partial charge in [-0.15, -0.1) is 0 Å². The lowest BCUT2D eigenvalue weighted by molar-refractivity contribution is 0.164. The van der Waals surface area contributed by atoms with Crippen molar-refractivity contribution in [1.82, 2.24) is 0 Å². The zero-order valence-corrected chi connectivity index (χ0v) is 12.3. The third kappa shape index (κ3) is 3.99. The van der Waals surface area contributed by atoms with E-state index in [9.17, 15) is 5.11 Å². The molecular weight excluding hydrogens is 272 g/mol. The Balaban J connectivity index is 1.90.